The van der Waals surface area contributed by atoms with Crippen LogP contribution in [0.3, 0.4) is 0 Å². The van der Waals surface area contributed by atoms with Gasteiger partial charge in [-0.2, -0.15) is 4.68 Å². The number of tetrazole rings is 1. The van der Waals surface area contributed by atoms with Crippen LogP contribution in [0.2, 0.25) is 5.02 Å². The number of fused-ring (bicyclic) bond motifs is 1. The molecule has 11 nitrogen and oxygen atoms in total. The zero-order valence-corrected chi connectivity index (χ0v) is 22.5. The number of ketones is 1. The number of H-pyrrole nitrogens is 1. The predicted molar refractivity (Wildman–Crippen MR) is 148 cm³/mol. The molecule has 1 saturated heterocycles. The molecule has 0 radical (unpaired) electrons. The number of anilines is 1. The summed E-state index contributed by atoms with van der Waals surface area (Å²) in [6, 6.07) is 9.89. The molecule has 1 fully saturated rings. The Morgan fingerprint density at radius 1 is 1.10 bits per heavy atom. The molecule has 1 N–H and O–H groups in total. The molecule has 2 unspecified atom stereocenters. The number of halogens is 1. The van der Waals surface area contributed by atoms with Crippen molar-refractivity contribution in [3.8, 4) is 5.69 Å². The molecule has 0 bridgehead atoms. The molecule has 1 aliphatic carbocycles. The van der Waals surface area contributed by atoms with Crippen molar-refractivity contribution in [1.82, 2.24) is 35.1 Å². The maximum absolute atomic E-state index is 13.8. The van der Waals surface area contributed by atoms with Crippen LogP contribution in [-0.2, 0) is 15.0 Å². The largest absolute Gasteiger partial charge is 0.341 e. The van der Waals surface area contributed by atoms with Crippen LogP contribution in [0.1, 0.15) is 36.5 Å². The molecule has 3 heterocycles. The van der Waals surface area contributed by atoms with Crippen molar-refractivity contribution in [2.45, 2.75) is 31.7 Å². The highest BCUT2D eigenvalue weighted by Crippen LogP contribution is 2.40. The van der Waals surface area contributed by atoms with Gasteiger partial charge in [0.05, 0.1) is 33.9 Å². The van der Waals surface area contributed by atoms with E-state index in [9.17, 15) is 14.4 Å². The van der Waals surface area contributed by atoms with E-state index in [-0.39, 0.29) is 30.7 Å². The van der Waals surface area contributed by atoms with Crippen molar-refractivity contribution in [2.24, 2.45) is 0 Å². The SMILES string of the molecule is CCC1(c2nc3ccc(C(C)=O)cc3[nH]2)C=CC=CC1N1CC(=O)N(c2cc(Cl)ccc2-n2cnnn2)CC1=O. The fourth-order valence-corrected chi connectivity index (χ4v) is 5.66. The Morgan fingerprint density at radius 3 is 2.70 bits per heavy atom. The number of aromatic nitrogens is 6. The molecule has 6 rings (SSSR count). The number of rotatable bonds is 6. The second-order valence-corrected chi connectivity index (χ2v) is 10.3. The van der Waals surface area contributed by atoms with Crippen molar-refractivity contribution in [3.05, 3.63) is 83.4 Å². The molecule has 1 aliphatic heterocycles. The normalized spacial score (nSPS) is 21.0. The molecule has 202 valence electrons. The number of nitrogens with one attached hydrogen (secondary N) is 1. The smallest absolute Gasteiger partial charge is 0.247 e. The van der Waals surface area contributed by atoms with E-state index in [0.29, 0.717) is 34.2 Å². The van der Waals surface area contributed by atoms with E-state index >= 15 is 0 Å². The highest BCUT2D eigenvalue weighted by Gasteiger charge is 2.47. The quantitative estimate of drug-likeness (QED) is 0.360. The van der Waals surface area contributed by atoms with Crippen molar-refractivity contribution < 1.29 is 14.4 Å². The molecule has 2 aromatic carbocycles. The first-order chi connectivity index (χ1) is 19.3. The Hall–Kier alpha value is -4.64. The van der Waals surface area contributed by atoms with Gasteiger partial charge in [-0.3, -0.25) is 19.3 Å². The van der Waals surface area contributed by atoms with Gasteiger partial charge in [-0.15, -0.1) is 5.10 Å². The average Bonchev–Trinajstić information content (AvgIpc) is 3.64. The third kappa shape index (κ3) is 4.19. The van der Waals surface area contributed by atoms with Crippen LogP contribution in [0.25, 0.3) is 16.7 Å². The van der Waals surface area contributed by atoms with Gasteiger partial charge >= 0.3 is 0 Å². The van der Waals surface area contributed by atoms with E-state index in [1.54, 1.807) is 35.2 Å². The maximum atomic E-state index is 13.8. The summed E-state index contributed by atoms with van der Waals surface area (Å²) in [5.74, 6) is 0.140. The molecule has 2 aliphatic rings. The summed E-state index contributed by atoms with van der Waals surface area (Å²) in [6.07, 6.45) is 9.80. The summed E-state index contributed by atoms with van der Waals surface area (Å²) in [5, 5.41) is 11.7. The van der Waals surface area contributed by atoms with Crippen LogP contribution in [0, 0.1) is 0 Å². The number of nitrogens with zero attached hydrogens (tertiary/aromatic N) is 7. The molecular formula is C28H25ClN8O3. The fraction of sp³-hybridized carbons (Fsp3) is 0.250. The average molecular weight is 557 g/mol. The van der Waals surface area contributed by atoms with E-state index in [1.807, 2.05) is 37.3 Å². The lowest BCUT2D eigenvalue weighted by Gasteiger charge is -2.45. The van der Waals surface area contributed by atoms with Crippen LogP contribution in [-0.4, -0.2) is 71.8 Å². The summed E-state index contributed by atoms with van der Waals surface area (Å²) in [4.78, 5) is 50.6. The van der Waals surface area contributed by atoms with Crippen molar-refractivity contribution in [3.63, 3.8) is 0 Å². The number of amides is 2. The minimum Gasteiger partial charge on any atom is -0.341 e. The zero-order chi connectivity index (χ0) is 28.0. The van der Waals surface area contributed by atoms with Gasteiger partial charge in [0.15, 0.2) is 5.78 Å². The number of aromatic amines is 1. The number of allylic oxidation sites excluding steroid dienone is 2. The molecule has 2 amide bonds. The molecular weight excluding hydrogens is 532 g/mol. The number of imidazole rings is 1. The van der Waals surface area contributed by atoms with Gasteiger partial charge in [-0.25, -0.2) is 4.98 Å². The summed E-state index contributed by atoms with van der Waals surface area (Å²) in [5.41, 5.74) is 2.30. The standard InChI is InChI=1S/C28H25ClN8O3/c1-3-28(27-31-20-9-7-18(17(2)38)12-21(20)32-27)11-5-4-6-24(28)36-15-25(39)35(14-26(36)40)23-13-19(29)8-10-22(23)37-16-30-33-34-37/h4-13,16,24H,3,14-15H2,1-2H3,(H,31,32). The number of hydrogen-bond donors (Lipinski definition) is 1. The van der Waals surface area contributed by atoms with Gasteiger partial charge in [0.1, 0.15) is 25.2 Å². The van der Waals surface area contributed by atoms with Gasteiger partial charge in [-0.1, -0.05) is 42.8 Å². The number of carbonyl (C=O) groups is 3. The lowest BCUT2D eigenvalue weighted by Crippen LogP contribution is -2.61. The molecule has 12 heteroatoms. The second kappa shape index (κ2) is 9.83. The summed E-state index contributed by atoms with van der Waals surface area (Å²) >= 11 is 6.28. The van der Waals surface area contributed by atoms with Gasteiger partial charge < -0.3 is 9.88 Å². The Morgan fingerprint density at radius 2 is 1.95 bits per heavy atom. The highest BCUT2D eigenvalue weighted by atomic mass is 35.5. The summed E-state index contributed by atoms with van der Waals surface area (Å²) in [6.45, 7) is 3.23. The van der Waals surface area contributed by atoms with Gasteiger partial charge in [0.25, 0.3) is 0 Å². The Balaban J connectivity index is 1.35. The number of Topliss-reactive ketones (excluding diaryl/α,β-unsaturated/α-hetero) is 1. The molecule has 40 heavy (non-hydrogen) atoms. The van der Waals surface area contributed by atoms with Crippen LogP contribution in [0.15, 0.2) is 67.0 Å². The lowest BCUT2D eigenvalue weighted by molar-refractivity contribution is -0.140. The summed E-state index contributed by atoms with van der Waals surface area (Å²) < 4.78 is 1.42. The Labute approximate surface area is 234 Å². The van der Waals surface area contributed by atoms with E-state index in [4.69, 9.17) is 16.6 Å². The molecule has 2 aromatic heterocycles. The third-order valence-electron chi connectivity index (χ3n) is 7.62. The lowest BCUT2D eigenvalue weighted by atomic mass is 9.73. The number of piperazine rings is 1. The molecule has 0 saturated carbocycles. The van der Waals surface area contributed by atoms with Gasteiger partial charge in [0.2, 0.25) is 11.8 Å². The van der Waals surface area contributed by atoms with E-state index < -0.39 is 11.5 Å². The van der Waals surface area contributed by atoms with E-state index in [1.165, 1.54) is 22.8 Å². The van der Waals surface area contributed by atoms with Crippen molar-refractivity contribution >= 4 is 45.9 Å². The Bertz CT molecular complexity index is 1710. The number of benzene rings is 2. The van der Waals surface area contributed by atoms with Crippen molar-refractivity contribution in [2.75, 3.05) is 18.0 Å². The van der Waals surface area contributed by atoms with Crippen molar-refractivity contribution in [1.29, 1.82) is 0 Å². The van der Waals surface area contributed by atoms with Crippen LogP contribution in [0.5, 0.6) is 0 Å². The summed E-state index contributed by atoms with van der Waals surface area (Å²) in [7, 11) is 0. The first-order valence-electron chi connectivity index (χ1n) is 12.8. The molecule has 0 spiro atoms. The van der Waals surface area contributed by atoms with E-state index in [0.717, 1.165) is 11.0 Å². The molecule has 2 atom stereocenters. The topological polar surface area (TPSA) is 130 Å². The fourth-order valence-electron chi connectivity index (χ4n) is 5.50. The van der Waals surface area contributed by atoms with Gasteiger partial charge in [0, 0.05) is 10.6 Å². The first-order valence-corrected chi connectivity index (χ1v) is 13.2. The van der Waals surface area contributed by atoms with Crippen LogP contribution >= 0.6 is 11.6 Å². The van der Waals surface area contributed by atoms with Gasteiger partial charge in [-0.05, 0) is 60.2 Å². The minimum atomic E-state index is -0.712. The molecule has 4 aromatic rings. The monoisotopic (exact) mass is 556 g/mol. The third-order valence-corrected chi connectivity index (χ3v) is 7.86. The Kier molecular flexibility index (Phi) is 6.30. The minimum absolute atomic E-state index is 0.0356. The first kappa shape index (κ1) is 25.6. The van der Waals surface area contributed by atoms with Crippen LogP contribution in [0.4, 0.5) is 5.69 Å². The second-order valence-electron chi connectivity index (χ2n) is 9.85. The number of hydrogen-bond acceptors (Lipinski definition) is 7. The highest BCUT2D eigenvalue weighted by molar-refractivity contribution is 6.31. The number of carbonyl (C=O) groups excluding carboxylic acids is 3. The predicted octanol–water partition coefficient (Wildman–Crippen LogP) is 3.41. The van der Waals surface area contributed by atoms with Crippen LogP contribution < -0.4 is 4.90 Å². The zero-order valence-electron chi connectivity index (χ0n) is 21.8. The van der Waals surface area contributed by atoms with E-state index in [2.05, 4.69) is 20.5 Å². The maximum Gasteiger partial charge on any atom is 0.247 e.